The highest BCUT2D eigenvalue weighted by Crippen LogP contribution is 2.15. The maximum absolute atomic E-state index is 10.8. The SMILES string of the molecule is C1CCOC1.COC(=O)Cc1ccccc1O. The van der Waals surface area contributed by atoms with Crippen LogP contribution in [0.2, 0.25) is 0 Å². The molecule has 2 rings (SSSR count). The normalized spacial score (nSPS) is 13.7. The lowest BCUT2D eigenvalue weighted by Crippen LogP contribution is -2.04. The van der Waals surface area contributed by atoms with Gasteiger partial charge in [0.05, 0.1) is 13.5 Å². The summed E-state index contributed by atoms with van der Waals surface area (Å²) in [5.74, 6) is -0.223. The van der Waals surface area contributed by atoms with Crippen molar-refractivity contribution in [1.82, 2.24) is 0 Å². The highest BCUT2D eigenvalue weighted by atomic mass is 16.5. The summed E-state index contributed by atoms with van der Waals surface area (Å²) in [6, 6.07) is 6.69. The molecule has 0 aliphatic carbocycles. The van der Waals surface area contributed by atoms with Crippen molar-refractivity contribution in [3.05, 3.63) is 29.8 Å². The van der Waals surface area contributed by atoms with E-state index < -0.39 is 0 Å². The number of hydrogen-bond donors (Lipinski definition) is 1. The van der Waals surface area contributed by atoms with E-state index in [4.69, 9.17) is 4.74 Å². The van der Waals surface area contributed by atoms with E-state index >= 15 is 0 Å². The zero-order valence-corrected chi connectivity index (χ0v) is 10.0. The van der Waals surface area contributed by atoms with Gasteiger partial charge in [0.2, 0.25) is 0 Å². The van der Waals surface area contributed by atoms with Gasteiger partial charge in [0.15, 0.2) is 0 Å². The third-order valence-electron chi connectivity index (χ3n) is 2.38. The molecule has 1 heterocycles. The van der Waals surface area contributed by atoms with E-state index in [-0.39, 0.29) is 18.1 Å². The van der Waals surface area contributed by atoms with Crippen molar-refractivity contribution in [3.8, 4) is 5.75 Å². The van der Waals surface area contributed by atoms with Crippen LogP contribution in [0, 0.1) is 0 Å². The van der Waals surface area contributed by atoms with Crippen LogP contribution in [-0.4, -0.2) is 31.4 Å². The Bertz CT molecular complexity index is 337. The number of carbonyl (C=O) groups is 1. The van der Waals surface area contributed by atoms with Crippen molar-refractivity contribution in [1.29, 1.82) is 0 Å². The van der Waals surface area contributed by atoms with Crippen LogP contribution in [0.15, 0.2) is 24.3 Å². The van der Waals surface area contributed by atoms with E-state index in [1.54, 1.807) is 18.2 Å². The lowest BCUT2D eigenvalue weighted by Gasteiger charge is -2.01. The van der Waals surface area contributed by atoms with Crippen LogP contribution in [0.25, 0.3) is 0 Å². The molecular weight excluding hydrogens is 220 g/mol. The molecule has 4 nitrogen and oxygen atoms in total. The largest absolute Gasteiger partial charge is 0.508 e. The number of rotatable bonds is 2. The average molecular weight is 238 g/mol. The topological polar surface area (TPSA) is 55.8 Å². The zero-order chi connectivity index (χ0) is 12.5. The van der Waals surface area contributed by atoms with Crippen LogP contribution in [0.4, 0.5) is 0 Å². The van der Waals surface area contributed by atoms with Gasteiger partial charge in [0.1, 0.15) is 5.75 Å². The van der Waals surface area contributed by atoms with Crippen LogP contribution in [0.1, 0.15) is 18.4 Å². The second kappa shape index (κ2) is 7.68. The van der Waals surface area contributed by atoms with Gasteiger partial charge in [-0.15, -0.1) is 0 Å². The molecule has 0 radical (unpaired) electrons. The van der Waals surface area contributed by atoms with Crippen molar-refractivity contribution in [2.45, 2.75) is 19.3 Å². The summed E-state index contributed by atoms with van der Waals surface area (Å²) < 4.78 is 9.40. The van der Waals surface area contributed by atoms with Crippen molar-refractivity contribution >= 4 is 5.97 Å². The predicted molar refractivity (Wildman–Crippen MR) is 63.9 cm³/mol. The quantitative estimate of drug-likeness (QED) is 0.799. The molecule has 1 aromatic carbocycles. The summed E-state index contributed by atoms with van der Waals surface area (Å²) in [5, 5.41) is 9.25. The Morgan fingerprint density at radius 2 is 2.00 bits per heavy atom. The Morgan fingerprint density at radius 3 is 2.47 bits per heavy atom. The van der Waals surface area contributed by atoms with Gasteiger partial charge in [-0.25, -0.2) is 0 Å². The van der Waals surface area contributed by atoms with Gasteiger partial charge in [-0.3, -0.25) is 4.79 Å². The van der Waals surface area contributed by atoms with Crippen LogP contribution in [0.3, 0.4) is 0 Å². The maximum atomic E-state index is 10.8. The first-order chi connectivity index (χ1) is 8.24. The van der Waals surface area contributed by atoms with E-state index in [1.807, 2.05) is 0 Å². The van der Waals surface area contributed by atoms with Crippen LogP contribution in [0.5, 0.6) is 5.75 Å². The van der Waals surface area contributed by atoms with E-state index in [2.05, 4.69) is 4.74 Å². The van der Waals surface area contributed by atoms with Crippen LogP contribution < -0.4 is 0 Å². The number of phenols is 1. The molecule has 4 heteroatoms. The van der Waals surface area contributed by atoms with Gasteiger partial charge < -0.3 is 14.6 Å². The molecule has 1 saturated heterocycles. The molecule has 0 spiro atoms. The second-order valence-corrected chi connectivity index (χ2v) is 3.70. The maximum Gasteiger partial charge on any atom is 0.310 e. The summed E-state index contributed by atoms with van der Waals surface area (Å²) in [7, 11) is 1.32. The Morgan fingerprint density at radius 1 is 1.35 bits per heavy atom. The summed E-state index contributed by atoms with van der Waals surface area (Å²) in [4.78, 5) is 10.8. The number of methoxy groups -OCH3 is 1. The highest BCUT2D eigenvalue weighted by Gasteiger charge is 2.05. The van der Waals surface area contributed by atoms with Gasteiger partial charge in [0.25, 0.3) is 0 Å². The highest BCUT2D eigenvalue weighted by molar-refractivity contribution is 5.73. The fraction of sp³-hybridized carbons (Fsp3) is 0.462. The molecule has 17 heavy (non-hydrogen) atoms. The first-order valence-electron chi connectivity index (χ1n) is 5.65. The molecule has 1 aromatic rings. The zero-order valence-electron chi connectivity index (χ0n) is 10.0. The van der Waals surface area contributed by atoms with Crippen molar-refractivity contribution in [2.24, 2.45) is 0 Å². The molecule has 0 atom stereocenters. The summed E-state index contributed by atoms with van der Waals surface area (Å²) in [6.45, 7) is 2.00. The van der Waals surface area contributed by atoms with Crippen molar-refractivity contribution < 1.29 is 19.4 Å². The fourth-order valence-electron chi connectivity index (χ4n) is 1.40. The molecule has 1 fully saturated rings. The van der Waals surface area contributed by atoms with Crippen LogP contribution >= 0.6 is 0 Å². The molecule has 0 bridgehead atoms. The summed E-state index contributed by atoms with van der Waals surface area (Å²) in [5.41, 5.74) is 0.587. The number of benzene rings is 1. The summed E-state index contributed by atoms with van der Waals surface area (Å²) >= 11 is 0. The smallest absolute Gasteiger partial charge is 0.310 e. The molecule has 0 unspecified atom stereocenters. The molecular formula is C13H18O4. The lowest BCUT2D eigenvalue weighted by molar-refractivity contribution is -0.139. The number of esters is 1. The Kier molecular flexibility index (Phi) is 6.10. The minimum Gasteiger partial charge on any atom is -0.508 e. The number of ether oxygens (including phenoxy) is 2. The van der Waals surface area contributed by atoms with Crippen molar-refractivity contribution in [2.75, 3.05) is 20.3 Å². The third kappa shape index (κ3) is 5.36. The lowest BCUT2D eigenvalue weighted by atomic mass is 10.1. The number of hydrogen-bond acceptors (Lipinski definition) is 4. The van der Waals surface area contributed by atoms with E-state index in [0.29, 0.717) is 5.56 Å². The molecule has 1 aliphatic rings. The third-order valence-corrected chi connectivity index (χ3v) is 2.38. The van der Waals surface area contributed by atoms with Crippen molar-refractivity contribution in [3.63, 3.8) is 0 Å². The first kappa shape index (κ1) is 13.5. The van der Waals surface area contributed by atoms with Gasteiger partial charge in [-0.2, -0.15) is 0 Å². The number of carbonyl (C=O) groups excluding carboxylic acids is 1. The minimum absolute atomic E-state index is 0.114. The first-order valence-corrected chi connectivity index (χ1v) is 5.65. The number of aromatic hydroxyl groups is 1. The average Bonchev–Trinajstić information content (AvgIpc) is 2.91. The van der Waals surface area contributed by atoms with Gasteiger partial charge in [-0.05, 0) is 18.9 Å². The Balaban J connectivity index is 0.000000239. The molecule has 0 aromatic heterocycles. The monoisotopic (exact) mass is 238 g/mol. The molecule has 94 valence electrons. The van der Waals surface area contributed by atoms with E-state index in [9.17, 15) is 9.90 Å². The number of phenolic OH excluding ortho intramolecular Hbond substituents is 1. The minimum atomic E-state index is -0.350. The van der Waals surface area contributed by atoms with Gasteiger partial charge in [-0.1, -0.05) is 18.2 Å². The summed E-state index contributed by atoms with van der Waals surface area (Å²) in [6.07, 6.45) is 2.67. The molecule has 0 saturated carbocycles. The standard InChI is InChI=1S/C9H10O3.C4H8O/c1-12-9(11)6-7-4-2-3-5-8(7)10;1-2-4-5-3-1/h2-5,10H,6H2,1H3;1-4H2. The second-order valence-electron chi connectivity index (χ2n) is 3.70. The molecule has 1 N–H and O–H groups in total. The van der Waals surface area contributed by atoms with Crippen LogP contribution in [-0.2, 0) is 20.7 Å². The van der Waals surface area contributed by atoms with E-state index in [1.165, 1.54) is 26.0 Å². The predicted octanol–water partition coefficient (Wildman–Crippen LogP) is 1.90. The number of para-hydroxylation sites is 1. The molecule has 0 amide bonds. The fourth-order valence-corrected chi connectivity index (χ4v) is 1.40. The van der Waals surface area contributed by atoms with Gasteiger partial charge in [0, 0.05) is 18.8 Å². The van der Waals surface area contributed by atoms with Gasteiger partial charge >= 0.3 is 5.97 Å². The molecule has 1 aliphatic heterocycles. The Labute approximate surface area is 101 Å². The van der Waals surface area contributed by atoms with E-state index in [0.717, 1.165) is 13.2 Å². The Hall–Kier alpha value is -1.55.